The van der Waals surface area contributed by atoms with Crippen molar-refractivity contribution >= 4 is 5.78 Å². The molecule has 0 amide bonds. The van der Waals surface area contributed by atoms with Gasteiger partial charge < -0.3 is 9.84 Å². The summed E-state index contributed by atoms with van der Waals surface area (Å²) in [4.78, 5) is 12.5. The maximum Gasteiger partial charge on any atom is 0.188 e. The van der Waals surface area contributed by atoms with Crippen molar-refractivity contribution in [3.63, 3.8) is 0 Å². The first kappa shape index (κ1) is 18.0. The fraction of sp³-hybridized carbons (Fsp3) is 0.650. The highest BCUT2D eigenvalue weighted by atomic mass is 16.5. The van der Waals surface area contributed by atoms with Gasteiger partial charge in [0.1, 0.15) is 12.4 Å². The van der Waals surface area contributed by atoms with Crippen molar-refractivity contribution < 1.29 is 14.6 Å². The molecule has 0 heterocycles. The zero-order valence-electron chi connectivity index (χ0n) is 15.1. The molecule has 0 aliphatic heterocycles. The fourth-order valence-corrected chi connectivity index (χ4v) is 3.69. The molecule has 0 bridgehead atoms. The SMILES string of the molecule is Cc1cc(C(=O)CO[C@@H]2C[C@H](C)CC[C@H]2C(C)C)cc(C)c1O. The third-order valence-electron chi connectivity index (χ3n) is 5.20. The number of hydrogen-bond acceptors (Lipinski definition) is 3. The molecule has 1 aliphatic carbocycles. The first-order chi connectivity index (χ1) is 10.8. The lowest BCUT2D eigenvalue weighted by molar-refractivity contribution is -0.0309. The second-order valence-corrected chi connectivity index (χ2v) is 7.56. The number of Topliss-reactive ketones (excluding diaryl/α,β-unsaturated/α-hetero) is 1. The van der Waals surface area contributed by atoms with Crippen molar-refractivity contribution in [3.8, 4) is 5.75 Å². The number of phenolic OH excluding ortho intramolecular Hbond substituents is 1. The number of hydrogen-bond donors (Lipinski definition) is 1. The molecule has 0 saturated heterocycles. The molecule has 2 rings (SSSR count). The zero-order valence-corrected chi connectivity index (χ0v) is 15.1. The van der Waals surface area contributed by atoms with E-state index in [9.17, 15) is 9.90 Å². The summed E-state index contributed by atoms with van der Waals surface area (Å²) in [5.74, 6) is 2.06. The lowest BCUT2D eigenvalue weighted by atomic mass is 9.75. The van der Waals surface area contributed by atoms with Crippen LogP contribution in [-0.4, -0.2) is 23.6 Å². The van der Waals surface area contributed by atoms with Crippen LogP contribution < -0.4 is 0 Å². The molecule has 1 aromatic carbocycles. The largest absolute Gasteiger partial charge is 0.507 e. The highest BCUT2D eigenvalue weighted by molar-refractivity contribution is 5.97. The molecule has 23 heavy (non-hydrogen) atoms. The maximum absolute atomic E-state index is 12.5. The van der Waals surface area contributed by atoms with Gasteiger partial charge in [-0.2, -0.15) is 0 Å². The van der Waals surface area contributed by atoms with E-state index < -0.39 is 0 Å². The monoisotopic (exact) mass is 318 g/mol. The molecule has 0 spiro atoms. The Morgan fingerprint density at radius 3 is 2.43 bits per heavy atom. The van der Waals surface area contributed by atoms with Crippen LogP contribution in [0.3, 0.4) is 0 Å². The van der Waals surface area contributed by atoms with Gasteiger partial charge in [-0.3, -0.25) is 4.79 Å². The molecule has 0 radical (unpaired) electrons. The molecular weight excluding hydrogens is 288 g/mol. The van der Waals surface area contributed by atoms with Crippen LogP contribution in [0.2, 0.25) is 0 Å². The quantitative estimate of drug-likeness (QED) is 0.803. The molecule has 1 fully saturated rings. The van der Waals surface area contributed by atoms with Crippen molar-refractivity contribution in [2.24, 2.45) is 17.8 Å². The van der Waals surface area contributed by atoms with E-state index in [0.717, 1.165) is 17.5 Å². The maximum atomic E-state index is 12.5. The minimum absolute atomic E-state index is 0.00284. The van der Waals surface area contributed by atoms with Crippen molar-refractivity contribution in [1.82, 2.24) is 0 Å². The van der Waals surface area contributed by atoms with E-state index in [2.05, 4.69) is 20.8 Å². The summed E-state index contributed by atoms with van der Waals surface area (Å²) >= 11 is 0. The van der Waals surface area contributed by atoms with E-state index in [0.29, 0.717) is 23.3 Å². The van der Waals surface area contributed by atoms with Gasteiger partial charge in [-0.15, -0.1) is 0 Å². The van der Waals surface area contributed by atoms with Crippen LogP contribution in [0, 0.1) is 31.6 Å². The number of aryl methyl sites for hydroxylation is 2. The normalized spacial score (nSPS) is 24.9. The average Bonchev–Trinajstić information content (AvgIpc) is 2.49. The number of benzene rings is 1. The Bertz CT molecular complexity index is 539. The number of phenols is 1. The van der Waals surface area contributed by atoms with Crippen molar-refractivity contribution in [2.75, 3.05) is 6.61 Å². The van der Waals surface area contributed by atoms with E-state index in [1.165, 1.54) is 12.8 Å². The topological polar surface area (TPSA) is 46.5 Å². The standard InChI is InChI=1S/C20H30O3/c1-12(2)17-7-6-13(3)8-19(17)23-11-18(21)16-9-14(4)20(22)15(5)10-16/h9-10,12-13,17,19,22H,6-8,11H2,1-5H3/t13-,17+,19-/m1/s1. The van der Waals surface area contributed by atoms with Crippen LogP contribution in [0.15, 0.2) is 12.1 Å². The van der Waals surface area contributed by atoms with Crippen LogP contribution in [0.4, 0.5) is 0 Å². The lowest BCUT2D eigenvalue weighted by Gasteiger charge is -2.37. The number of ether oxygens (including phenoxy) is 1. The molecule has 1 aliphatic rings. The Labute approximate surface area is 140 Å². The van der Waals surface area contributed by atoms with Crippen LogP contribution >= 0.6 is 0 Å². The molecular formula is C20H30O3. The number of aromatic hydroxyl groups is 1. The van der Waals surface area contributed by atoms with Gasteiger partial charge in [0.15, 0.2) is 5.78 Å². The highest BCUT2D eigenvalue weighted by Crippen LogP contribution is 2.35. The number of ketones is 1. The van der Waals surface area contributed by atoms with Gasteiger partial charge in [-0.05, 0) is 67.7 Å². The van der Waals surface area contributed by atoms with E-state index >= 15 is 0 Å². The van der Waals surface area contributed by atoms with E-state index in [1.54, 1.807) is 12.1 Å². The Balaban J connectivity index is 2.02. The Morgan fingerprint density at radius 2 is 1.87 bits per heavy atom. The first-order valence-corrected chi connectivity index (χ1v) is 8.74. The van der Waals surface area contributed by atoms with Crippen molar-refractivity contribution in [3.05, 3.63) is 28.8 Å². The summed E-state index contributed by atoms with van der Waals surface area (Å²) < 4.78 is 6.04. The minimum atomic E-state index is -0.00284. The molecule has 128 valence electrons. The van der Waals surface area contributed by atoms with Crippen LogP contribution in [0.1, 0.15) is 61.5 Å². The third kappa shape index (κ3) is 4.35. The van der Waals surface area contributed by atoms with Gasteiger partial charge in [0, 0.05) is 5.56 Å². The third-order valence-corrected chi connectivity index (χ3v) is 5.20. The molecule has 0 unspecified atom stereocenters. The molecule has 0 aromatic heterocycles. The molecule has 1 saturated carbocycles. The predicted octanol–water partition coefficient (Wildman–Crippen LogP) is 4.67. The first-order valence-electron chi connectivity index (χ1n) is 8.74. The highest BCUT2D eigenvalue weighted by Gasteiger charge is 2.31. The van der Waals surface area contributed by atoms with E-state index in [1.807, 2.05) is 13.8 Å². The number of carbonyl (C=O) groups is 1. The van der Waals surface area contributed by atoms with Gasteiger partial charge in [0.2, 0.25) is 0 Å². The van der Waals surface area contributed by atoms with Gasteiger partial charge in [-0.1, -0.05) is 27.2 Å². The van der Waals surface area contributed by atoms with Crippen LogP contribution in [0.25, 0.3) is 0 Å². The molecule has 1 N–H and O–H groups in total. The molecule has 3 nitrogen and oxygen atoms in total. The van der Waals surface area contributed by atoms with Gasteiger partial charge in [0.25, 0.3) is 0 Å². The summed E-state index contributed by atoms with van der Waals surface area (Å²) in [7, 11) is 0. The van der Waals surface area contributed by atoms with Gasteiger partial charge in [0.05, 0.1) is 6.10 Å². The second-order valence-electron chi connectivity index (χ2n) is 7.56. The number of carbonyl (C=O) groups excluding carboxylic acids is 1. The Hall–Kier alpha value is -1.35. The zero-order chi connectivity index (χ0) is 17.1. The summed E-state index contributed by atoms with van der Waals surface area (Å²) in [5.41, 5.74) is 2.10. The summed E-state index contributed by atoms with van der Waals surface area (Å²) in [6, 6.07) is 3.49. The lowest BCUT2D eigenvalue weighted by Crippen LogP contribution is -2.35. The Kier molecular flexibility index (Phi) is 5.85. The average molecular weight is 318 g/mol. The predicted molar refractivity (Wildman–Crippen MR) is 93.0 cm³/mol. The molecule has 3 heteroatoms. The molecule has 1 aromatic rings. The molecule has 3 atom stereocenters. The smallest absolute Gasteiger partial charge is 0.188 e. The van der Waals surface area contributed by atoms with E-state index in [4.69, 9.17) is 4.74 Å². The summed E-state index contributed by atoms with van der Waals surface area (Å²) in [6.07, 6.45) is 3.67. The second kappa shape index (κ2) is 7.48. The minimum Gasteiger partial charge on any atom is -0.507 e. The number of rotatable bonds is 5. The fourth-order valence-electron chi connectivity index (χ4n) is 3.69. The van der Waals surface area contributed by atoms with Gasteiger partial charge in [-0.25, -0.2) is 0 Å². The Morgan fingerprint density at radius 1 is 1.26 bits per heavy atom. The van der Waals surface area contributed by atoms with E-state index in [-0.39, 0.29) is 24.2 Å². The summed E-state index contributed by atoms with van der Waals surface area (Å²) in [5, 5.41) is 9.83. The van der Waals surface area contributed by atoms with Crippen molar-refractivity contribution in [1.29, 1.82) is 0 Å². The van der Waals surface area contributed by atoms with Gasteiger partial charge >= 0.3 is 0 Å². The van der Waals surface area contributed by atoms with Crippen LogP contribution in [0.5, 0.6) is 5.75 Å². The van der Waals surface area contributed by atoms with Crippen molar-refractivity contribution in [2.45, 2.75) is 60.0 Å². The van der Waals surface area contributed by atoms with Crippen LogP contribution in [-0.2, 0) is 4.74 Å². The summed E-state index contributed by atoms with van der Waals surface area (Å²) in [6.45, 7) is 10.5.